The van der Waals surface area contributed by atoms with E-state index < -0.39 is 0 Å². The Kier molecular flexibility index (Phi) is 5.40. The molecule has 2 fully saturated rings. The summed E-state index contributed by atoms with van der Waals surface area (Å²) in [5.41, 5.74) is 0. The fraction of sp³-hybridized carbons (Fsp3) is 1.00. The standard InChI is InChI=1S/C13H24ClNO/c14-8-9-15(12-5-1-2-6-12)11-13-7-3-4-10-16-13/h12-13H,1-11H2. The second-order valence-electron chi connectivity index (χ2n) is 5.11. The molecule has 0 aromatic heterocycles. The predicted molar refractivity (Wildman–Crippen MR) is 68.1 cm³/mol. The summed E-state index contributed by atoms with van der Waals surface area (Å²) in [6.45, 7) is 3.10. The topological polar surface area (TPSA) is 12.5 Å². The van der Waals surface area contributed by atoms with E-state index >= 15 is 0 Å². The molecule has 0 bridgehead atoms. The van der Waals surface area contributed by atoms with Crippen molar-refractivity contribution in [3.63, 3.8) is 0 Å². The molecule has 2 nitrogen and oxygen atoms in total. The molecule has 0 aromatic rings. The molecular weight excluding hydrogens is 222 g/mol. The fourth-order valence-corrected chi connectivity index (χ4v) is 3.23. The van der Waals surface area contributed by atoms with E-state index in [4.69, 9.17) is 16.3 Å². The highest BCUT2D eigenvalue weighted by Gasteiger charge is 2.25. The Morgan fingerprint density at radius 3 is 2.44 bits per heavy atom. The molecule has 0 radical (unpaired) electrons. The van der Waals surface area contributed by atoms with Crippen LogP contribution in [0.2, 0.25) is 0 Å². The highest BCUT2D eigenvalue weighted by Crippen LogP contribution is 2.25. The van der Waals surface area contributed by atoms with E-state index in [-0.39, 0.29) is 0 Å². The van der Waals surface area contributed by atoms with Gasteiger partial charge in [0.15, 0.2) is 0 Å². The largest absolute Gasteiger partial charge is 0.377 e. The lowest BCUT2D eigenvalue weighted by Crippen LogP contribution is -2.42. The van der Waals surface area contributed by atoms with E-state index in [0.29, 0.717) is 6.10 Å². The van der Waals surface area contributed by atoms with Gasteiger partial charge in [0.1, 0.15) is 0 Å². The van der Waals surface area contributed by atoms with Crippen LogP contribution in [0.15, 0.2) is 0 Å². The van der Waals surface area contributed by atoms with Crippen molar-refractivity contribution < 1.29 is 4.74 Å². The number of nitrogens with zero attached hydrogens (tertiary/aromatic N) is 1. The Bertz CT molecular complexity index is 188. The Morgan fingerprint density at radius 1 is 1.06 bits per heavy atom. The molecular formula is C13H24ClNO. The van der Waals surface area contributed by atoms with Gasteiger partial charge in [-0.25, -0.2) is 0 Å². The lowest BCUT2D eigenvalue weighted by molar-refractivity contribution is -0.0120. The van der Waals surface area contributed by atoms with Gasteiger partial charge in [-0.1, -0.05) is 12.8 Å². The first kappa shape index (κ1) is 12.7. The molecule has 0 N–H and O–H groups in total. The summed E-state index contributed by atoms with van der Waals surface area (Å²) in [4.78, 5) is 2.58. The zero-order chi connectivity index (χ0) is 11.2. The van der Waals surface area contributed by atoms with Gasteiger partial charge in [-0.2, -0.15) is 0 Å². The second kappa shape index (κ2) is 6.83. The van der Waals surface area contributed by atoms with Gasteiger partial charge < -0.3 is 4.74 Å². The van der Waals surface area contributed by atoms with Gasteiger partial charge in [-0.05, 0) is 32.1 Å². The Labute approximate surface area is 104 Å². The van der Waals surface area contributed by atoms with E-state index in [2.05, 4.69) is 4.90 Å². The normalized spacial score (nSPS) is 27.8. The monoisotopic (exact) mass is 245 g/mol. The molecule has 2 aliphatic rings. The number of hydrogen-bond acceptors (Lipinski definition) is 2. The van der Waals surface area contributed by atoms with E-state index in [9.17, 15) is 0 Å². The maximum atomic E-state index is 5.91. The molecule has 1 atom stereocenters. The third-order valence-electron chi connectivity index (χ3n) is 3.92. The molecule has 0 spiro atoms. The molecule has 94 valence electrons. The molecule has 1 unspecified atom stereocenters. The van der Waals surface area contributed by atoms with Crippen molar-refractivity contribution in [3.05, 3.63) is 0 Å². The van der Waals surface area contributed by atoms with Crippen molar-refractivity contribution in [1.29, 1.82) is 0 Å². The van der Waals surface area contributed by atoms with Gasteiger partial charge in [0.2, 0.25) is 0 Å². The summed E-state index contributed by atoms with van der Waals surface area (Å²) in [7, 11) is 0. The molecule has 0 amide bonds. The summed E-state index contributed by atoms with van der Waals surface area (Å²) in [5.74, 6) is 0.753. The van der Waals surface area contributed by atoms with Gasteiger partial charge in [-0.15, -0.1) is 11.6 Å². The van der Waals surface area contributed by atoms with Crippen LogP contribution in [0.4, 0.5) is 0 Å². The zero-order valence-corrected chi connectivity index (χ0v) is 10.9. The van der Waals surface area contributed by atoms with Gasteiger partial charge >= 0.3 is 0 Å². The molecule has 1 heterocycles. The van der Waals surface area contributed by atoms with E-state index in [0.717, 1.165) is 31.6 Å². The molecule has 1 saturated carbocycles. The maximum Gasteiger partial charge on any atom is 0.0702 e. The van der Waals surface area contributed by atoms with Gasteiger partial charge in [-0.3, -0.25) is 4.90 Å². The summed E-state index contributed by atoms with van der Waals surface area (Å²) in [5, 5.41) is 0. The second-order valence-corrected chi connectivity index (χ2v) is 5.49. The molecule has 1 aliphatic carbocycles. The number of rotatable bonds is 5. The maximum absolute atomic E-state index is 5.91. The van der Waals surface area contributed by atoms with Crippen LogP contribution < -0.4 is 0 Å². The predicted octanol–water partition coefficient (Wildman–Crippen LogP) is 3.04. The van der Waals surface area contributed by atoms with E-state index in [1.165, 1.54) is 44.9 Å². The van der Waals surface area contributed by atoms with Crippen molar-refractivity contribution in [2.45, 2.75) is 57.1 Å². The van der Waals surface area contributed by atoms with Crippen molar-refractivity contribution in [3.8, 4) is 0 Å². The summed E-state index contributed by atoms with van der Waals surface area (Å²) in [6, 6.07) is 0.782. The minimum atomic E-state index is 0.470. The lowest BCUT2D eigenvalue weighted by Gasteiger charge is -2.33. The first-order valence-corrected chi connectivity index (χ1v) is 7.35. The van der Waals surface area contributed by atoms with E-state index in [1.807, 2.05) is 0 Å². The molecule has 0 aromatic carbocycles. The number of alkyl halides is 1. The molecule has 1 saturated heterocycles. The number of halogens is 1. The molecule has 1 aliphatic heterocycles. The van der Waals surface area contributed by atoms with Crippen molar-refractivity contribution in [1.82, 2.24) is 4.90 Å². The third kappa shape index (κ3) is 3.61. The summed E-state index contributed by atoms with van der Waals surface area (Å²) >= 11 is 5.91. The van der Waals surface area contributed by atoms with Crippen LogP contribution in [0.5, 0.6) is 0 Å². The van der Waals surface area contributed by atoms with Crippen LogP contribution in [-0.2, 0) is 4.74 Å². The number of hydrogen-bond donors (Lipinski definition) is 0. The van der Waals surface area contributed by atoms with Crippen LogP contribution in [0, 0.1) is 0 Å². The summed E-state index contributed by atoms with van der Waals surface area (Å²) in [6.07, 6.45) is 9.82. The average molecular weight is 246 g/mol. The molecule has 16 heavy (non-hydrogen) atoms. The number of ether oxygens (including phenoxy) is 1. The minimum Gasteiger partial charge on any atom is -0.377 e. The quantitative estimate of drug-likeness (QED) is 0.691. The van der Waals surface area contributed by atoms with Crippen LogP contribution >= 0.6 is 11.6 Å². The smallest absolute Gasteiger partial charge is 0.0702 e. The van der Waals surface area contributed by atoms with E-state index in [1.54, 1.807) is 0 Å². The highest BCUT2D eigenvalue weighted by molar-refractivity contribution is 6.18. The lowest BCUT2D eigenvalue weighted by atomic mass is 10.1. The molecule has 3 heteroatoms. The van der Waals surface area contributed by atoms with Crippen molar-refractivity contribution in [2.75, 3.05) is 25.6 Å². The Morgan fingerprint density at radius 2 is 1.81 bits per heavy atom. The molecule has 2 rings (SSSR count). The summed E-state index contributed by atoms with van der Waals surface area (Å²) < 4.78 is 5.83. The first-order chi connectivity index (χ1) is 7.90. The van der Waals surface area contributed by atoms with Crippen LogP contribution in [0.3, 0.4) is 0 Å². The average Bonchev–Trinajstić information content (AvgIpc) is 2.83. The first-order valence-electron chi connectivity index (χ1n) is 6.82. The van der Waals surface area contributed by atoms with Crippen molar-refractivity contribution in [2.24, 2.45) is 0 Å². The fourth-order valence-electron chi connectivity index (χ4n) is 3.01. The van der Waals surface area contributed by atoms with Gasteiger partial charge in [0, 0.05) is 31.6 Å². The van der Waals surface area contributed by atoms with Gasteiger partial charge in [0.25, 0.3) is 0 Å². The van der Waals surface area contributed by atoms with Crippen LogP contribution in [0.25, 0.3) is 0 Å². The third-order valence-corrected chi connectivity index (χ3v) is 4.09. The Balaban J connectivity index is 1.80. The minimum absolute atomic E-state index is 0.470. The Hall–Kier alpha value is 0.210. The van der Waals surface area contributed by atoms with Crippen LogP contribution in [0.1, 0.15) is 44.9 Å². The van der Waals surface area contributed by atoms with Crippen LogP contribution in [-0.4, -0.2) is 42.6 Å². The van der Waals surface area contributed by atoms with Crippen molar-refractivity contribution >= 4 is 11.6 Å². The van der Waals surface area contributed by atoms with Gasteiger partial charge in [0.05, 0.1) is 6.10 Å². The SMILES string of the molecule is ClCCN(CC1CCCCO1)C1CCCC1. The zero-order valence-electron chi connectivity index (χ0n) is 10.2. The highest BCUT2D eigenvalue weighted by atomic mass is 35.5.